The minimum Gasteiger partial charge on any atom is -0.496 e. The van der Waals surface area contributed by atoms with Crippen LogP contribution >= 0.6 is 0 Å². The molecule has 2 amide bonds. The highest BCUT2D eigenvalue weighted by Crippen LogP contribution is 2.32. The SMILES string of the molecule is COc1ccc(F)cc1CN1C(=O)c2cccc([N+](=O)[O-])c2C1=O. The molecule has 0 saturated heterocycles. The second kappa shape index (κ2) is 5.73. The van der Waals surface area contributed by atoms with Crippen molar-refractivity contribution in [2.24, 2.45) is 0 Å². The number of imide groups is 1. The second-order valence-electron chi connectivity index (χ2n) is 5.11. The topological polar surface area (TPSA) is 89.8 Å². The molecule has 0 fully saturated rings. The number of hydrogen-bond acceptors (Lipinski definition) is 5. The molecular formula is C16H11FN2O5. The van der Waals surface area contributed by atoms with Gasteiger partial charge >= 0.3 is 0 Å². The van der Waals surface area contributed by atoms with Crippen LogP contribution in [0.25, 0.3) is 0 Å². The first-order valence-electron chi connectivity index (χ1n) is 6.90. The molecule has 0 bridgehead atoms. The Kier molecular flexibility index (Phi) is 3.72. The molecule has 0 atom stereocenters. The van der Waals surface area contributed by atoms with Crippen molar-refractivity contribution in [2.75, 3.05) is 7.11 Å². The highest BCUT2D eigenvalue weighted by Gasteiger charge is 2.41. The molecule has 122 valence electrons. The number of rotatable bonds is 4. The fourth-order valence-corrected chi connectivity index (χ4v) is 2.65. The smallest absolute Gasteiger partial charge is 0.282 e. The first kappa shape index (κ1) is 15.6. The Bertz CT molecular complexity index is 881. The number of fused-ring (bicyclic) bond motifs is 1. The zero-order valence-electron chi connectivity index (χ0n) is 12.5. The van der Waals surface area contributed by atoms with E-state index in [1.807, 2.05) is 0 Å². The monoisotopic (exact) mass is 330 g/mol. The fourth-order valence-electron chi connectivity index (χ4n) is 2.65. The third kappa shape index (κ3) is 2.37. The predicted molar refractivity (Wildman–Crippen MR) is 80.3 cm³/mol. The lowest BCUT2D eigenvalue weighted by Gasteiger charge is -2.16. The zero-order chi connectivity index (χ0) is 17.4. The summed E-state index contributed by atoms with van der Waals surface area (Å²) >= 11 is 0. The Hall–Kier alpha value is -3.29. The number of hydrogen-bond donors (Lipinski definition) is 0. The Labute approximate surface area is 135 Å². The van der Waals surface area contributed by atoms with Gasteiger partial charge in [0.15, 0.2) is 0 Å². The highest BCUT2D eigenvalue weighted by atomic mass is 19.1. The van der Waals surface area contributed by atoms with Crippen LogP contribution in [0.5, 0.6) is 5.75 Å². The molecule has 0 spiro atoms. The normalized spacial score (nSPS) is 13.2. The summed E-state index contributed by atoms with van der Waals surface area (Å²) in [7, 11) is 1.38. The molecule has 2 aromatic carbocycles. The first-order chi connectivity index (χ1) is 11.4. The molecule has 0 aromatic heterocycles. The van der Waals surface area contributed by atoms with Crippen LogP contribution in [0.1, 0.15) is 26.3 Å². The van der Waals surface area contributed by atoms with Crippen LogP contribution in [0.3, 0.4) is 0 Å². The van der Waals surface area contributed by atoms with E-state index < -0.39 is 28.2 Å². The average Bonchev–Trinajstić information content (AvgIpc) is 2.80. The number of methoxy groups -OCH3 is 1. The van der Waals surface area contributed by atoms with E-state index in [1.54, 1.807) is 0 Å². The van der Waals surface area contributed by atoms with Crippen molar-refractivity contribution < 1.29 is 23.6 Å². The van der Waals surface area contributed by atoms with Gasteiger partial charge in [0, 0.05) is 11.6 Å². The van der Waals surface area contributed by atoms with Crippen LogP contribution in [0.2, 0.25) is 0 Å². The van der Waals surface area contributed by atoms with Crippen molar-refractivity contribution >= 4 is 17.5 Å². The zero-order valence-corrected chi connectivity index (χ0v) is 12.5. The molecule has 24 heavy (non-hydrogen) atoms. The molecule has 1 aliphatic rings. The van der Waals surface area contributed by atoms with Crippen molar-refractivity contribution in [3.63, 3.8) is 0 Å². The van der Waals surface area contributed by atoms with E-state index in [1.165, 1.54) is 31.4 Å². The number of ether oxygens (including phenoxy) is 1. The van der Waals surface area contributed by atoms with Gasteiger partial charge in [-0.1, -0.05) is 6.07 Å². The van der Waals surface area contributed by atoms with Crippen molar-refractivity contribution in [2.45, 2.75) is 6.54 Å². The third-order valence-corrected chi connectivity index (χ3v) is 3.74. The quantitative estimate of drug-likeness (QED) is 0.488. The van der Waals surface area contributed by atoms with E-state index in [2.05, 4.69) is 0 Å². The maximum Gasteiger partial charge on any atom is 0.282 e. The van der Waals surface area contributed by atoms with Crippen molar-refractivity contribution in [3.05, 3.63) is 69.0 Å². The van der Waals surface area contributed by atoms with Crippen LogP contribution in [-0.2, 0) is 6.54 Å². The van der Waals surface area contributed by atoms with Crippen LogP contribution in [0, 0.1) is 15.9 Å². The summed E-state index contributed by atoms with van der Waals surface area (Å²) in [6, 6.07) is 7.58. The number of amides is 2. The van der Waals surface area contributed by atoms with Gasteiger partial charge in [-0.2, -0.15) is 0 Å². The summed E-state index contributed by atoms with van der Waals surface area (Å²) in [6.45, 7) is -0.246. The summed E-state index contributed by atoms with van der Waals surface area (Å²) in [5.74, 6) is -1.69. The molecule has 1 aliphatic heterocycles. The highest BCUT2D eigenvalue weighted by molar-refractivity contribution is 6.23. The van der Waals surface area contributed by atoms with Gasteiger partial charge in [0.2, 0.25) is 0 Å². The van der Waals surface area contributed by atoms with Crippen molar-refractivity contribution in [1.29, 1.82) is 0 Å². The van der Waals surface area contributed by atoms with E-state index in [4.69, 9.17) is 4.74 Å². The van der Waals surface area contributed by atoms with Gasteiger partial charge in [-0.15, -0.1) is 0 Å². The van der Waals surface area contributed by atoms with Crippen LogP contribution < -0.4 is 4.74 Å². The maximum atomic E-state index is 13.5. The lowest BCUT2D eigenvalue weighted by Crippen LogP contribution is -2.29. The number of halogens is 1. The summed E-state index contributed by atoms with van der Waals surface area (Å²) in [5.41, 5.74) is -0.429. The summed E-state index contributed by atoms with van der Waals surface area (Å²) in [6.07, 6.45) is 0. The average molecular weight is 330 g/mol. The second-order valence-corrected chi connectivity index (χ2v) is 5.11. The van der Waals surface area contributed by atoms with Gasteiger partial charge in [0.1, 0.15) is 17.1 Å². The van der Waals surface area contributed by atoms with Crippen LogP contribution in [-0.4, -0.2) is 28.7 Å². The van der Waals surface area contributed by atoms with Crippen LogP contribution in [0.4, 0.5) is 10.1 Å². The molecule has 1 heterocycles. The molecule has 3 rings (SSSR count). The Morgan fingerprint density at radius 1 is 1.21 bits per heavy atom. The third-order valence-electron chi connectivity index (χ3n) is 3.74. The maximum absolute atomic E-state index is 13.5. The molecule has 0 saturated carbocycles. The van der Waals surface area contributed by atoms with E-state index in [0.29, 0.717) is 5.75 Å². The van der Waals surface area contributed by atoms with Gasteiger partial charge < -0.3 is 4.74 Å². The number of carbonyl (C=O) groups excluding carboxylic acids is 2. The number of carbonyl (C=O) groups is 2. The van der Waals surface area contributed by atoms with E-state index in [0.717, 1.165) is 17.0 Å². The van der Waals surface area contributed by atoms with E-state index in [-0.39, 0.29) is 23.2 Å². The molecule has 8 heteroatoms. The largest absolute Gasteiger partial charge is 0.496 e. The summed E-state index contributed by atoms with van der Waals surface area (Å²) in [5, 5.41) is 11.1. The fraction of sp³-hybridized carbons (Fsp3) is 0.125. The molecular weight excluding hydrogens is 319 g/mol. The number of nitrogens with zero attached hydrogens (tertiary/aromatic N) is 2. The Balaban J connectivity index is 2.02. The molecule has 7 nitrogen and oxygen atoms in total. The number of benzene rings is 2. The van der Waals surface area contributed by atoms with E-state index >= 15 is 0 Å². The predicted octanol–water partition coefficient (Wildman–Crippen LogP) is 2.54. The lowest BCUT2D eigenvalue weighted by atomic mass is 10.1. The Morgan fingerprint density at radius 2 is 1.96 bits per heavy atom. The van der Waals surface area contributed by atoms with Crippen molar-refractivity contribution in [1.82, 2.24) is 4.90 Å². The van der Waals surface area contributed by atoms with Gasteiger partial charge in [0.25, 0.3) is 17.5 Å². The standard InChI is InChI=1S/C16H11FN2O5/c1-24-13-6-5-10(17)7-9(13)8-18-15(20)11-3-2-4-12(19(22)23)14(11)16(18)21/h2-7H,8H2,1H3. The molecule has 0 radical (unpaired) electrons. The summed E-state index contributed by atoms with van der Waals surface area (Å²) < 4.78 is 18.5. The molecule has 0 unspecified atom stereocenters. The lowest BCUT2D eigenvalue weighted by molar-refractivity contribution is -0.385. The Morgan fingerprint density at radius 3 is 2.62 bits per heavy atom. The minimum absolute atomic E-state index is 0.0374. The van der Waals surface area contributed by atoms with E-state index in [9.17, 15) is 24.1 Å². The minimum atomic E-state index is -0.784. The van der Waals surface area contributed by atoms with Gasteiger partial charge in [-0.05, 0) is 24.3 Å². The molecule has 0 N–H and O–H groups in total. The molecule has 2 aromatic rings. The van der Waals surface area contributed by atoms with Gasteiger partial charge in [-0.3, -0.25) is 24.6 Å². The van der Waals surface area contributed by atoms with Crippen molar-refractivity contribution in [3.8, 4) is 5.75 Å². The van der Waals surface area contributed by atoms with Gasteiger partial charge in [-0.25, -0.2) is 4.39 Å². The summed E-state index contributed by atoms with van der Waals surface area (Å²) in [4.78, 5) is 36.1. The van der Waals surface area contributed by atoms with Crippen LogP contribution in [0.15, 0.2) is 36.4 Å². The first-order valence-corrected chi connectivity index (χ1v) is 6.90. The van der Waals surface area contributed by atoms with Gasteiger partial charge in [0.05, 0.1) is 24.1 Å². The number of nitro benzene ring substituents is 1. The number of nitro groups is 1. The molecule has 0 aliphatic carbocycles.